The molecule has 3 N–H and O–H groups in total. The Bertz CT molecular complexity index is 329. The average Bonchev–Trinajstić information content (AvgIpc) is 2.75. The SMILES string of the molecule is Cn1ncnc1CC(CC1CCCCC1)NN. The molecule has 1 aliphatic carbocycles. The summed E-state index contributed by atoms with van der Waals surface area (Å²) in [5.41, 5.74) is 2.93. The Morgan fingerprint density at radius 2 is 2.24 bits per heavy atom. The number of rotatable bonds is 5. The van der Waals surface area contributed by atoms with Gasteiger partial charge in [-0.05, 0) is 12.3 Å². The molecule has 17 heavy (non-hydrogen) atoms. The lowest BCUT2D eigenvalue weighted by Gasteiger charge is -2.25. The van der Waals surface area contributed by atoms with Crippen molar-refractivity contribution in [1.82, 2.24) is 20.2 Å². The first-order valence-electron chi connectivity index (χ1n) is 6.58. The molecule has 0 amide bonds. The number of nitrogens with two attached hydrogens (primary N) is 1. The third-order valence-corrected chi connectivity index (χ3v) is 3.81. The van der Waals surface area contributed by atoms with Gasteiger partial charge >= 0.3 is 0 Å². The molecule has 0 radical (unpaired) electrons. The molecule has 1 aromatic heterocycles. The fraction of sp³-hybridized carbons (Fsp3) is 0.833. The zero-order valence-electron chi connectivity index (χ0n) is 10.6. The van der Waals surface area contributed by atoms with Gasteiger partial charge in [-0.1, -0.05) is 32.1 Å². The molecular weight excluding hydrogens is 214 g/mol. The normalized spacial score (nSPS) is 19.4. The molecule has 0 saturated heterocycles. The summed E-state index contributed by atoms with van der Waals surface area (Å²) in [6.07, 6.45) is 10.5. The molecule has 0 bridgehead atoms. The number of aryl methyl sites for hydroxylation is 1. The minimum Gasteiger partial charge on any atom is -0.271 e. The molecular formula is C12H23N5. The highest BCUT2D eigenvalue weighted by Gasteiger charge is 2.19. The average molecular weight is 237 g/mol. The molecule has 5 heteroatoms. The van der Waals surface area contributed by atoms with E-state index in [1.807, 2.05) is 11.7 Å². The van der Waals surface area contributed by atoms with Crippen LogP contribution >= 0.6 is 0 Å². The molecule has 0 aliphatic heterocycles. The van der Waals surface area contributed by atoms with E-state index in [1.165, 1.54) is 32.1 Å². The number of hydrazine groups is 1. The number of hydrogen-bond donors (Lipinski definition) is 2. The highest BCUT2D eigenvalue weighted by molar-refractivity contribution is 4.89. The lowest BCUT2D eigenvalue weighted by molar-refractivity contribution is 0.295. The molecule has 2 rings (SSSR count). The van der Waals surface area contributed by atoms with Gasteiger partial charge in [-0.3, -0.25) is 16.0 Å². The standard InChI is InChI=1S/C12H23N5/c1-17-12(14-9-15-17)8-11(16-13)7-10-5-3-2-4-6-10/h9-11,16H,2-8,13H2,1H3. The zero-order valence-corrected chi connectivity index (χ0v) is 10.6. The molecule has 1 heterocycles. The maximum atomic E-state index is 5.65. The van der Waals surface area contributed by atoms with Crippen molar-refractivity contribution in [2.45, 2.75) is 51.0 Å². The fourth-order valence-electron chi connectivity index (χ4n) is 2.76. The van der Waals surface area contributed by atoms with Gasteiger partial charge in [-0.25, -0.2) is 4.98 Å². The van der Waals surface area contributed by atoms with E-state index in [0.717, 1.165) is 24.6 Å². The predicted octanol–water partition coefficient (Wildman–Crippen LogP) is 1.16. The molecule has 96 valence electrons. The zero-order chi connectivity index (χ0) is 12.1. The minimum absolute atomic E-state index is 0.320. The number of nitrogens with one attached hydrogen (secondary N) is 1. The summed E-state index contributed by atoms with van der Waals surface area (Å²) in [4.78, 5) is 4.25. The van der Waals surface area contributed by atoms with Crippen LogP contribution in [-0.2, 0) is 13.5 Å². The van der Waals surface area contributed by atoms with Gasteiger partial charge in [0.2, 0.25) is 0 Å². The van der Waals surface area contributed by atoms with Crippen molar-refractivity contribution in [3.8, 4) is 0 Å². The van der Waals surface area contributed by atoms with Gasteiger partial charge < -0.3 is 0 Å². The summed E-state index contributed by atoms with van der Waals surface area (Å²) in [5.74, 6) is 7.48. The van der Waals surface area contributed by atoms with Crippen LogP contribution in [0.2, 0.25) is 0 Å². The van der Waals surface area contributed by atoms with Crippen LogP contribution in [0, 0.1) is 5.92 Å². The Kier molecular flexibility index (Phi) is 4.50. The second kappa shape index (κ2) is 6.12. The van der Waals surface area contributed by atoms with Crippen LogP contribution in [-0.4, -0.2) is 20.8 Å². The number of nitrogens with zero attached hydrogens (tertiary/aromatic N) is 3. The Labute approximate surface area is 103 Å². The van der Waals surface area contributed by atoms with Crippen molar-refractivity contribution in [1.29, 1.82) is 0 Å². The van der Waals surface area contributed by atoms with Crippen LogP contribution in [0.5, 0.6) is 0 Å². The maximum Gasteiger partial charge on any atom is 0.138 e. The lowest BCUT2D eigenvalue weighted by Crippen LogP contribution is -2.39. The van der Waals surface area contributed by atoms with E-state index in [4.69, 9.17) is 5.84 Å². The Balaban J connectivity index is 1.85. The van der Waals surface area contributed by atoms with E-state index >= 15 is 0 Å². The van der Waals surface area contributed by atoms with Crippen LogP contribution < -0.4 is 11.3 Å². The maximum absolute atomic E-state index is 5.65. The quantitative estimate of drug-likeness (QED) is 0.595. The molecule has 1 atom stereocenters. The van der Waals surface area contributed by atoms with Crippen LogP contribution in [0.15, 0.2) is 6.33 Å². The van der Waals surface area contributed by atoms with Crippen molar-refractivity contribution in [2.75, 3.05) is 0 Å². The van der Waals surface area contributed by atoms with Crippen LogP contribution in [0.4, 0.5) is 0 Å². The van der Waals surface area contributed by atoms with Gasteiger partial charge in [-0.2, -0.15) is 5.10 Å². The Morgan fingerprint density at radius 3 is 2.82 bits per heavy atom. The molecule has 5 nitrogen and oxygen atoms in total. The molecule has 0 aromatic carbocycles. The summed E-state index contributed by atoms with van der Waals surface area (Å²) < 4.78 is 1.82. The fourth-order valence-corrected chi connectivity index (χ4v) is 2.76. The minimum atomic E-state index is 0.320. The molecule has 1 saturated carbocycles. The van der Waals surface area contributed by atoms with Gasteiger partial charge in [0.05, 0.1) is 0 Å². The van der Waals surface area contributed by atoms with E-state index in [9.17, 15) is 0 Å². The van der Waals surface area contributed by atoms with Gasteiger partial charge in [0, 0.05) is 19.5 Å². The van der Waals surface area contributed by atoms with Crippen LogP contribution in [0.25, 0.3) is 0 Å². The third-order valence-electron chi connectivity index (χ3n) is 3.81. The van der Waals surface area contributed by atoms with Crippen molar-refractivity contribution >= 4 is 0 Å². The summed E-state index contributed by atoms with van der Waals surface area (Å²) in [7, 11) is 1.93. The Morgan fingerprint density at radius 1 is 1.47 bits per heavy atom. The summed E-state index contributed by atoms with van der Waals surface area (Å²) in [6.45, 7) is 0. The molecule has 0 spiro atoms. The first-order valence-corrected chi connectivity index (χ1v) is 6.58. The van der Waals surface area contributed by atoms with E-state index in [0.29, 0.717) is 6.04 Å². The van der Waals surface area contributed by atoms with E-state index in [2.05, 4.69) is 15.5 Å². The molecule has 1 aliphatic rings. The molecule has 1 fully saturated rings. The highest BCUT2D eigenvalue weighted by Crippen LogP contribution is 2.27. The summed E-state index contributed by atoms with van der Waals surface area (Å²) >= 11 is 0. The topological polar surface area (TPSA) is 68.8 Å². The van der Waals surface area contributed by atoms with Crippen LogP contribution in [0.3, 0.4) is 0 Å². The van der Waals surface area contributed by atoms with Gasteiger partial charge in [-0.15, -0.1) is 0 Å². The van der Waals surface area contributed by atoms with Crippen molar-refractivity contribution < 1.29 is 0 Å². The van der Waals surface area contributed by atoms with Crippen molar-refractivity contribution in [3.63, 3.8) is 0 Å². The third kappa shape index (κ3) is 3.51. The number of hydrogen-bond acceptors (Lipinski definition) is 4. The summed E-state index contributed by atoms with van der Waals surface area (Å²) in [5, 5.41) is 4.09. The van der Waals surface area contributed by atoms with E-state index < -0.39 is 0 Å². The van der Waals surface area contributed by atoms with Crippen LogP contribution in [0.1, 0.15) is 44.3 Å². The van der Waals surface area contributed by atoms with Crippen molar-refractivity contribution in [2.24, 2.45) is 18.8 Å². The smallest absolute Gasteiger partial charge is 0.138 e. The number of aromatic nitrogens is 3. The monoisotopic (exact) mass is 237 g/mol. The lowest BCUT2D eigenvalue weighted by atomic mass is 9.84. The molecule has 1 unspecified atom stereocenters. The van der Waals surface area contributed by atoms with Gasteiger partial charge in [0.25, 0.3) is 0 Å². The van der Waals surface area contributed by atoms with Gasteiger partial charge in [0.15, 0.2) is 0 Å². The molecule has 1 aromatic rings. The Hall–Kier alpha value is -0.940. The van der Waals surface area contributed by atoms with Gasteiger partial charge in [0.1, 0.15) is 12.2 Å². The largest absolute Gasteiger partial charge is 0.271 e. The first-order chi connectivity index (χ1) is 8.29. The van der Waals surface area contributed by atoms with Crippen molar-refractivity contribution in [3.05, 3.63) is 12.2 Å². The van der Waals surface area contributed by atoms with E-state index in [-0.39, 0.29) is 0 Å². The second-order valence-electron chi connectivity index (χ2n) is 5.11. The van der Waals surface area contributed by atoms with E-state index in [1.54, 1.807) is 6.33 Å². The summed E-state index contributed by atoms with van der Waals surface area (Å²) in [6, 6.07) is 0.320. The second-order valence-corrected chi connectivity index (χ2v) is 5.11. The highest BCUT2D eigenvalue weighted by atomic mass is 15.3. The predicted molar refractivity (Wildman–Crippen MR) is 67.0 cm³/mol. The first kappa shape index (κ1) is 12.5.